The number of ether oxygens (including phenoxy) is 2. The maximum atomic E-state index is 13.1. The number of fused-ring (bicyclic) bond motifs is 2. The Kier molecular flexibility index (Phi) is 8.43. The van der Waals surface area contributed by atoms with Crippen molar-refractivity contribution in [3.05, 3.63) is 0 Å². The fraction of sp³-hybridized carbons (Fsp3) is 0.792. The highest BCUT2D eigenvalue weighted by molar-refractivity contribution is 8.01. The standard InChI is InChI=1S/C24H33ClN4O8S2.ClH/c1-23(2)15(28-18(31)14(19(28)38-23)26-11-27-9-7-5-6-8-10-27)21(32)36-12-37-22(33)16-24(3,4)39(34,35)20-13(25)17(30)29(16)20;/h11,13-16,19-20H,5-10,12H2,1-4H3;1H/t13-,14?,15-,16-,19+,20+;/m0./s1. The number of hydrogen-bond donors (Lipinski definition) is 0. The fourth-order valence-electron chi connectivity index (χ4n) is 6.02. The van der Waals surface area contributed by atoms with Gasteiger partial charge in [0.05, 0.1) is 6.34 Å². The number of β-lactam (4-membered cyclic amide) rings is 2. The number of sulfone groups is 1. The molecule has 0 aromatic rings. The largest absolute Gasteiger partial charge is 0.426 e. The van der Waals surface area contributed by atoms with Crippen molar-refractivity contribution in [3.8, 4) is 0 Å². The molecule has 5 aliphatic rings. The summed E-state index contributed by atoms with van der Waals surface area (Å²) in [5.41, 5.74) is 0. The second-order valence-corrected chi connectivity index (χ2v) is 16.4. The molecule has 5 fully saturated rings. The van der Waals surface area contributed by atoms with Crippen LogP contribution in [0.2, 0.25) is 0 Å². The van der Waals surface area contributed by atoms with Gasteiger partial charge < -0.3 is 24.2 Å². The zero-order chi connectivity index (χ0) is 28.5. The molecule has 6 atom stereocenters. The molecule has 5 aliphatic heterocycles. The van der Waals surface area contributed by atoms with Gasteiger partial charge in [0.15, 0.2) is 21.3 Å². The lowest BCUT2D eigenvalue weighted by Crippen LogP contribution is -2.65. The van der Waals surface area contributed by atoms with Gasteiger partial charge in [0, 0.05) is 17.8 Å². The van der Waals surface area contributed by atoms with Gasteiger partial charge in [-0.05, 0) is 40.5 Å². The third-order valence-corrected chi connectivity index (χ3v) is 13.3. The monoisotopic (exact) mass is 640 g/mol. The number of thioether (sulfide) groups is 1. The molecule has 2 amide bonds. The van der Waals surface area contributed by atoms with E-state index in [-0.39, 0.29) is 23.7 Å². The summed E-state index contributed by atoms with van der Waals surface area (Å²) in [5.74, 6) is -2.70. The van der Waals surface area contributed by atoms with Gasteiger partial charge in [0.2, 0.25) is 12.7 Å². The number of aliphatic imine (C=N–C) groups is 1. The Morgan fingerprint density at radius 1 is 1.00 bits per heavy atom. The van der Waals surface area contributed by atoms with Gasteiger partial charge in [-0.1, -0.05) is 12.8 Å². The van der Waals surface area contributed by atoms with Crippen LogP contribution in [0.3, 0.4) is 0 Å². The summed E-state index contributed by atoms with van der Waals surface area (Å²) >= 11 is 7.37. The quantitative estimate of drug-likeness (QED) is 0.104. The van der Waals surface area contributed by atoms with E-state index in [9.17, 15) is 27.6 Å². The number of esters is 2. The lowest BCUT2D eigenvalue weighted by Gasteiger charge is -2.42. The predicted molar refractivity (Wildman–Crippen MR) is 150 cm³/mol. The summed E-state index contributed by atoms with van der Waals surface area (Å²) in [6, 6.07) is -2.91. The third kappa shape index (κ3) is 4.66. The Bertz CT molecular complexity index is 1220. The van der Waals surface area contributed by atoms with Crippen LogP contribution in [0.1, 0.15) is 53.4 Å². The summed E-state index contributed by atoms with van der Waals surface area (Å²) in [6.45, 7) is 7.36. The van der Waals surface area contributed by atoms with E-state index in [4.69, 9.17) is 21.1 Å². The van der Waals surface area contributed by atoms with Crippen LogP contribution in [0.25, 0.3) is 0 Å². The molecule has 0 radical (unpaired) electrons. The molecular weight excluding hydrogens is 607 g/mol. The number of hydrogen-bond acceptors (Lipinski definition) is 10. The van der Waals surface area contributed by atoms with Crippen molar-refractivity contribution in [2.24, 2.45) is 4.99 Å². The van der Waals surface area contributed by atoms with Crippen molar-refractivity contribution in [2.45, 2.75) is 97.1 Å². The van der Waals surface area contributed by atoms with Crippen molar-refractivity contribution in [3.63, 3.8) is 0 Å². The number of carbonyl (C=O) groups is 4. The lowest BCUT2D eigenvalue weighted by atomic mass is 9.96. The molecule has 0 saturated carbocycles. The van der Waals surface area contributed by atoms with Gasteiger partial charge >= 0.3 is 11.9 Å². The number of carbonyl (C=O) groups excluding carboxylic acids is 4. The van der Waals surface area contributed by atoms with E-state index >= 15 is 0 Å². The molecule has 12 nitrogen and oxygen atoms in total. The molecule has 16 heteroatoms. The Morgan fingerprint density at radius 3 is 2.17 bits per heavy atom. The first-order valence-corrected chi connectivity index (χ1v) is 15.9. The first-order chi connectivity index (χ1) is 18.2. The molecule has 0 aromatic heterocycles. The minimum Gasteiger partial charge on any atom is -0.426 e. The molecule has 5 heterocycles. The average molecular weight is 642 g/mol. The molecule has 0 aromatic carbocycles. The van der Waals surface area contributed by atoms with Gasteiger partial charge in [-0.2, -0.15) is 0 Å². The van der Waals surface area contributed by atoms with Crippen LogP contribution in [0.15, 0.2) is 4.99 Å². The fourth-order valence-corrected chi connectivity index (χ4v) is 10.4. The first kappa shape index (κ1) is 31.2. The SMILES string of the molecule is CC1(C)S[C@@H]2C(N=CN3CCCCCC3)C(=O)N2[C@H]1C(=O)OCOC(=O)[C@@H]1N2C(=O)[C@H](Cl)[C@H]2S(=O)(=O)C1(C)C.Cl. The molecule has 224 valence electrons. The van der Waals surface area contributed by atoms with Crippen LogP contribution >= 0.6 is 35.8 Å². The van der Waals surface area contributed by atoms with Gasteiger partial charge in [-0.3, -0.25) is 14.6 Å². The second kappa shape index (κ2) is 10.8. The zero-order valence-electron chi connectivity index (χ0n) is 22.6. The Hall–Kier alpha value is -1.77. The van der Waals surface area contributed by atoms with E-state index in [1.807, 2.05) is 13.8 Å². The second-order valence-electron chi connectivity index (χ2n) is 11.6. The number of nitrogens with zero attached hydrogens (tertiary/aromatic N) is 4. The van der Waals surface area contributed by atoms with Crippen molar-refractivity contribution < 1.29 is 37.1 Å². The Balaban J connectivity index is 0.00000370. The number of likely N-dealkylation sites (tertiary alicyclic amines) is 1. The van der Waals surface area contributed by atoms with E-state index < -0.39 is 72.8 Å². The van der Waals surface area contributed by atoms with E-state index in [0.717, 1.165) is 30.8 Å². The lowest BCUT2D eigenvalue weighted by molar-refractivity contribution is -0.180. The number of amides is 2. The first-order valence-electron chi connectivity index (χ1n) is 13.0. The van der Waals surface area contributed by atoms with Crippen LogP contribution in [0.5, 0.6) is 0 Å². The molecule has 5 saturated heterocycles. The molecule has 0 N–H and O–H groups in total. The van der Waals surface area contributed by atoms with Gasteiger partial charge in [-0.25, -0.2) is 18.0 Å². The summed E-state index contributed by atoms with van der Waals surface area (Å²) < 4.78 is 33.7. The minimum absolute atomic E-state index is 0. The average Bonchev–Trinajstić information content (AvgIpc) is 3.03. The van der Waals surface area contributed by atoms with Gasteiger partial charge in [-0.15, -0.1) is 35.8 Å². The van der Waals surface area contributed by atoms with E-state index in [0.29, 0.717) is 0 Å². The molecular formula is C24H34Cl2N4O8S2. The van der Waals surface area contributed by atoms with Crippen LogP contribution in [-0.4, -0.2) is 117 Å². The molecule has 0 bridgehead atoms. The van der Waals surface area contributed by atoms with Crippen LogP contribution in [0.4, 0.5) is 0 Å². The molecule has 5 rings (SSSR count). The number of alkyl halides is 1. The number of halogens is 2. The minimum atomic E-state index is -3.94. The summed E-state index contributed by atoms with van der Waals surface area (Å²) in [5, 5.41) is -2.87. The molecule has 0 spiro atoms. The molecule has 1 unspecified atom stereocenters. The summed E-state index contributed by atoms with van der Waals surface area (Å²) in [6.07, 6.45) is 6.32. The Labute approximate surface area is 248 Å². The number of rotatable bonds is 6. The van der Waals surface area contributed by atoms with E-state index in [2.05, 4.69) is 9.89 Å². The van der Waals surface area contributed by atoms with Crippen LogP contribution in [-0.2, 0) is 38.5 Å². The maximum Gasteiger partial charge on any atom is 0.333 e. The van der Waals surface area contributed by atoms with Crippen molar-refractivity contribution in [2.75, 3.05) is 19.9 Å². The van der Waals surface area contributed by atoms with Crippen molar-refractivity contribution in [1.29, 1.82) is 0 Å². The molecule has 40 heavy (non-hydrogen) atoms. The smallest absolute Gasteiger partial charge is 0.333 e. The predicted octanol–water partition coefficient (Wildman–Crippen LogP) is 1.14. The summed E-state index contributed by atoms with van der Waals surface area (Å²) in [7, 11) is -3.94. The maximum absolute atomic E-state index is 13.1. The van der Waals surface area contributed by atoms with Crippen molar-refractivity contribution in [1.82, 2.24) is 14.7 Å². The molecule has 0 aliphatic carbocycles. The van der Waals surface area contributed by atoms with Crippen LogP contribution < -0.4 is 0 Å². The van der Waals surface area contributed by atoms with Gasteiger partial charge in [0.1, 0.15) is 27.6 Å². The third-order valence-electron chi connectivity index (χ3n) is 8.30. The zero-order valence-corrected chi connectivity index (χ0v) is 25.9. The van der Waals surface area contributed by atoms with E-state index in [1.54, 1.807) is 6.34 Å². The highest BCUT2D eigenvalue weighted by Crippen LogP contribution is 2.52. The van der Waals surface area contributed by atoms with E-state index in [1.165, 1.54) is 43.4 Å². The topological polar surface area (TPSA) is 143 Å². The highest BCUT2D eigenvalue weighted by atomic mass is 35.5. The highest BCUT2D eigenvalue weighted by Gasteiger charge is 2.72. The Morgan fingerprint density at radius 2 is 1.57 bits per heavy atom. The summed E-state index contributed by atoms with van der Waals surface area (Å²) in [4.78, 5) is 60.2. The van der Waals surface area contributed by atoms with Crippen molar-refractivity contribution >= 4 is 75.7 Å². The van der Waals surface area contributed by atoms with Crippen LogP contribution in [0, 0.1) is 0 Å². The normalized spacial score (nSPS) is 35.2. The van der Waals surface area contributed by atoms with Gasteiger partial charge in [0.25, 0.3) is 5.91 Å².